The van der Waals surface area contributed by atoms with Crippen LogP contribution >= 0.6 is 0 Å². The second-order valence-corrected chi connectivity index (χ2v) is 4.99. The van der Waals surface area contributed by atoms with Gasteiger partial charge in [0.2, 0.25) is 0 Å². The normalized spacial score (nSPS) is 41.2. The molecular formula is C11H19NO2. The first-order valence-corrected chi connectivity index (χ1v) is 5.60. The third kappa shape index (κ3) is 1.44. The van der Waals surface area contributed by atoms with Gasteiger partial charge in [-0.2, -0.15) is 0 Å². The Kier molecular flexibility index (Phi) is 2.52. The highest BCUT2D eigenvalue weighted by Crippen LogP contribution is 2.58. The van der Waals surface area contributed by atoms with Crippen LogP contribution in [0.4, 0.5) is 0 Å². The Labute approximate surface area is 84.7 Å². The molecule has 14 heavy (non-hydrogen) atoms. The fraction of sp³-hybridized carbons (Fsp3) is 0.909. The molecule has 0 aromatic rings. The van der Waals surface area contributed by atoms with Gasteiger partial charge in [-0.3, -0.25) is 4.79 Å². The third-order valence-electron chi connectivity index (χ3n) is 4.27. The van der Waals surface area contributed by atoms with E-state index in [-0.39, 0.29) is 11.8 Å². The van der Waals surface area contributed by atoms with Crippen LogP contribution in [-0.4, -0.2) is 17.6 Å². The summed E-state index contributed by atoms with van der Waals surface area (Å²) in [6.07, 6.45) is 6.43. The van der Waals surface area contributed by atoms with Crippen molar-refractivity contribution < 1.29 is 9.90 Å². The molecule has 0 bridgehead atoms. The Balaban J connectivity index is 2.04. The average molecular weight is 197 g/mol. The smallest absolute Gasteiger partial charge is 0.303 e. The van der Waals surface area contributed by atoms with E-state index < -0.39 is 5.97 Å². The van der Waals surface area contributed by atoms with Crippen molar-refractivity contribution in [2.45, 2.75) is 38.5 Å². The average Bonchev–Trinajstić information content (AvgIpc) is 2.13. The van der Waals surface area contributed by atoms with Crippen molar-refractivity contribution in [3.8, 4) is 0 Å². The summed E-state index contributed by atoms with van der Waals surface area (Å²) in [5, 5.41) is 8.88. The van der Waals surface area contributed by atoms with Crippen molar-refractivity contribution >= 4 is 5.97 Å². The Morgan fingerprint density at radius 3 is 2.71 bits per heavy atom. The van der Waals surface area contributed by atoms with E-state index in [1.54, 1.807) is 0 Å². The van der Waals surface area contributed by atoms with Crippen molar-refractivity contribution in [2.24, 2.45) is 23.0 Å². The van der Waals surface area contributed by atoms with Gasteiger partial charge in [0.25, 0.3) is 0 Å². The van der Waals surface area contributed by atoms with E-state index in [4.69, 9.17) is 10.8 Å². The molecule has 2 rings (SSSR count). The minimum atomic E-state index is -0.681. The van der Waals surface area contributed by atoms with E-state index in [1.165, 1.54) is 25.7 Å². The SMILES string of the molecule is NC[C@@]1(CC(=O)O)CC2CCCCC21. The van der Waals surface area contributed by atoms with Crippen molar-refractivity contribution in [1.82, 2.24) is 0 Å². The Morgan fingerprint density at radius 2 is 2.14 bits per heavy atom. The Morgan fingerprint density at radius 1 is 1.43 bits per heavy atom. The van der Waals surface area contributed by atoms with Gasteiger partial charge < -0.3 is 10.8 Å². The Bertz CT molecular complexity index is 241. The lowest BCUT2D eigenvalue weighted by Gasteiger charge is -2.57. The number of carboxylic acids is 1. The number of hydrogen-bond acceptors (Lipinski definition) is 2. The van der Waals surface area contributed by atoms with Crippen molar-refractivity contribution in [2.75, 3.05) is 6.54 Å². The minimum Gasteiger partial charge on any atom is -0.481 e. The molecule has 0 spiro atoms. The van der Waals surface area contributed by atoms with Gasteiger partial charge in [-0.05, 0) is 36.6 Å². The summed E-state index contributed by atoms with van der Waals surface area (Å²) in [6.45, 7) is 0.556. The maximum absolute atomic E-state index is 10.8. The highest BCUT2D eigenvalue weighted by atomic mass is 16.4. The molecule has 3 atom stereocenters. The number of fused-ring (bicyclic) bond motifs is 1. The van der Waals surface area contributed by atoms with Gasteiger partial charge >= 0.3 is 5.97 Å². The van der Waals surface area contributed by atoms with E-state index in [1.807, 2.05) is 0 Å². The summed E-state index contributed by atoms with van der Waals surface area (Å²) >= 11 is 0. The molecule has 3 heteroatoms. The van der Waals surface area contributed by atoms with Crippen LogP contribution in [0.3, 0.4) is 0 Å². The Hall–Kier alpha value is -0.570. The quantitative estimate of drug-likeness (QED) is 0.722. The van der Waals surface area contributed by atoms with E-state index >= 15 is 0 Å². The first-order chi connectivity index (χ1) is 6.68. The minimum absolute atomic E-state index is 0.0447. The maximum atomic E-state index is 10.8. The number of rotatable bonds is 3. The summed E-state index contributed by atoms with van der Waals surface area (Å²) in [5.74, 6) is 0.712. The molecule has 0 aromatic carbocycles. The number of nitrogens with two attached hydrogens (primary N) is 1. The first-order valence-electron chi connectivity index (χ1n) is 5.60. The zero-order valence-corrected chi connectivity index (χ0v) is 8.54. The number of hydrogen-bond donors (Lipinski definition) is 2. The summed E-state index contributed by atoms with van der Waals surface area (Å²) in [5.41, 5.74) is 5.72. The van der Waals surface area contributed by atoms with Gasteiger partial charge in [0.15, 0.2) is 0 Å². The van der Waals surface area contributed by atoms with Gasteiger partial charge in [-0.15, -0.1) is 0 Å². The lowest BCUT2D eigenvalue weighted by molar-refractivity contribution is -0.148. The molecule has 0 heterocycles. The van der Waals surface area contributed by atoms with E-state index in [9.17, 15) is 4.79 Å². The van der Waals surface area contributed by atoms with Crippen LogP contribution in [0.25, 0.3) is 0 Å². The van der Waals surface area contributed by atoms with Crippen LogP contribution in [0.1, 0.15) is 38.5 Å². The highest BCUT2D eigenvalue weighted by molar-refractivity contribution is 5.68. The first kappa shape index (κ1) is 9.97. The third-order valence-corrected chi connectivity index (χ3v) is 4.27. The molecule has 2 aliphatic carbocycles. The number of carbonyl (C=O) groups is 1. The molecule has 0 amide bonds. The molecule has 2 fully saturated rings. The zero-order chi connectivity index (χ0) is 10.2. The number of carboxylic acid groups (broad SMARTS) is 1. The standard InChI is InChI=1S/C11H19NO2/c12-7-11(6-10(13)14)5-8-3-1-2-4-9(8)11/h8-9H,1-7,12H2,(H,13,14)/t8?,9?,11-/m0/s1. The van der Waals surface area contributed by atoms with Crippen LogP contribution in [0.15, 0.2) is 0 Å². The summed E-state index contributed by atoms with van der Waals surface area (Å²) in [7, 11) is 0. The largest absolute Gasteiger partial charge is 0.481 e. The molecule has 3 N–H and O–H groups in total. The van der Waals surface area contributed by atoms with Gasteiger partial charge in [-0.25, -0.2) is 0 Å². The molecule has 3 nitrogen and oxygen atoms in total. The van der Waals surface area contributed by atoms with E-state index in [2.05, 4.69) is 0 Å². The van der Waals surface area contributed by atoms with Crippen molar-refractivity contribution in [1.29, 1.82) is 0 Å². The zero-order valence-electron chi connectivity index (χ0n) is 8.54. The topological polar surface area (TPSA) is 63.3 Å². The van der Waals surface area contributed by atoms with Crippen LogP contribution < -0.4 is 5.73 Å². The molecule has 2 saturated carbocycles. The van der Waals surface area contributed by atoms with E-state index in [0.29, 0.717) is 12.5 Å². The summed E-state index contributed by atoms with van der Waals surface area (Å²) < 4.78 is 0. The van der Waals surface area contributed by atoms with Crippen LogP contribution in [0.5, 0.6) is 0 Å². The van der Waals surface area contributed by atoms with Crippen LogP contribution in [0, 0.1) is 17.3 Å². The van der Waals surface area contributed by atoms with E-state index in [0.717, 1.165) is 12.3 Å². The van der Waals surface area contributed by atoms with Gasteiger partial charge in [-0.1, -0.05) is 19.3 Å². The highest BCUT2D eigenvalue weighted by Gasteiger charge is 2.53. The molecule has 0 aliphatic heterocycles. The lowest BCUT2D eigenvalue weighted by atomic mass is 9.48. The summed E-state index contributed by atoms with van der Waals surface area (Å²) in [6, 6.07) is 0. The molecule has 2 aliphatic rings. The maximum Gasteiger partial charge on any atom is 0.303 e. The predicted molar refractivity (Wildman–Crippen MR) is 53.8 cm³/mol. The molecule has 0 radical (unpaired) electrons. The van der Waals surface area contributed by atoms with Crippen LogP contribution in [-0.2, 0) is 4.79 Å². The summed E-state index contributed by atoms with van der Waals surface area (Å²) in [4.78, 5) is 10.8. The number of aliphatic carboxylic acids is 1. The van der Waals surface area contributed by atoms with Gasteiger partial charge in [0.05, 0.1) is 6.42 Å². The molecule has 2 unspecified atom stereocenters. The molecule has 0 aromatic heterocycles. The second-order valence-electron chi connectivity index (χ2n) is 4.99. The van der Waals surface area contributed by atoms with Gasteiger partial charge in [0.1, 0.15) is 0 Å². The second kappa shape index (κ2) is 3.54. The van der Waals surface area contributed by atoms with Gasteiger partial charge in [0, 0.05) is 0 Å². The monoisotopic (exact) mass is 197 g/mol. The fourth-order valence-corrected chi connectivity index (χ4v) is 3.58. The molecule has 80 valence electrons. The lowest BCUT2D eigenvalue weighted by Crippen LogP contribution is -2.54. The van der Waals surface area contributed by atoms with Crippen molar-refractivity contribution in [3.63, 3.8) is 0 Å². The molecular weight excluding hydrogens is 178 g/mol. The molecule has 0 saturated heterocycles. The van der Waals surface area contributed by atoms with Crippen LogP contribution in [0.2, 0.25) is 0 Å². The predicted octanol–water partition coefficient (Wildman–Crippen LogP) is 1.62. The van der Waals surface area contributed by atoms with Crippen molar-refractivity contribution in [3.05, 3.63) is 0 Å². The fourth-order valence-electron chi connectivity index (χ4n) is 3.58.